The maximum Gasteiger partial charge on any atom is 0.240 e. The number of hydrogen-bond donors (Lipinski definition) is 4. The second-order valence-electron chi connectivity index (χ2n) is 8.13. The average molecular weight is 499 g/mol. The number of sulfonamides is 1. The number of hydrogen-bond acceptors (Lipinski definition) is 9. The molecule has 1 saturated heterocycles. The standard InChI is InChI=1S/C22H22N6O6S/c1-12(29)27-20-17-21(24-10-23-20)28(11-25-17)22-19(31)18(30)16(34-22)9-26-35(32,33)15-7-6-13-4-2-3-5-14(13)8-15/h2-8,10-11,16,18-19,22,26,30-31H,9H2,1H3,(H,23,24,27,29)/t16-,18+,19-,22-/m1/s1. The molecular formula is C22H22N6O6S. The number of carbonyl (C=O) groups is 1. The minimum Gasteiger partial charge on any atom is -0.387 e. The van der Waals surface area contributed by atoms with Gasteiger partial charge in [-0.15, -0.1) is 0 Å². The zero-order valence-electron chi connectivity index (χ0n) is 18.4. The van der Waals surface area contributed by atoms with Gasteiger partial charge in [0, 0.05) is 13.5 Å². The Bertz CT molecular complexity index is 1520. The number of nitrogens with one attached hydrogen (secondary N) is 2. The number of fused-ring (bicyclic) bond motifs is 2. The molecule has 0 unspecified atom stereocenters. The van der Waals surface area contributed by atoms with E-state index in [9.17, 15) is 23.4 Å². The summed E-state index contributed by atoms with van der Waals surface area (Å²) >= 11 is 0. The zero-order chi connectivity index (χ0) is 24.7. The highest BCUT2D eigenvalue weighted by molar-refractivity contribution is 7.89. The third kappa shape index (κ3) is 4.35. The van der Waals surface area contributed by atoms with Gasteiger partial charge >= 0.3 is 0 Å². The van der Waals surface area contributed by atoms with Crippen molar-refractivity contribution in [2.24, 2.45) is 0 Å². The third-order valence-corrected chi connectivity index (χ3v) is 7.19. The number of nitrogens with zero attached hydrogens (tertiary/aromatic N) is 4. The maximum atomic E-state index is 12.9. The van der Waals surface area contributed by atoms with Crippen LogP contribution in [0.15, 0.2) is 60.0 Å². The number of rotatable bonds is 6. The van der Waals surface area contributed by atoms with Crippen LogP contribution in [0.1, 0.15) is 13.2 Å². The molecule has 0 bridgehead atoms. The van der Waals surface area contributed by atoms with Gasteiger partial charge in [-0.1, -0.05) is 30.3 Å². The zero-order valence-corrected chi connectivity index (χ0v) is 19.3. The average Bonchev–Trinajstić information content (AvgIpc) is 3.39. The molecule has 35 heavy (non-hydrogen) atoms. The summed E-state index contributed by atoms with van der Waals surface area (Å²) in [5, 5.41) is 25.4. The van der Waals surface area contributed by atoms with Crippen LogP contribution in [0.4, 0.5) is 5.82 Å². The summed E-state index contributed by atoms with van der Waals surface area (Å²) in [6.07, 6.45) is -2.34. The first-order chi connectivity index (χ1) is 16.7. The number of carbonyl (C=O) groups excluding carboxylic acids is 1. The van der Waals surface area contributed by atoms with Crippen molar-refractivity contribution >= 4 is 43.7 Å². The first-order valence-electron chi connectivity index (χ1n) is 10.7. The van der Waals surface area contributed by atoms with Gasteiger partial charge < -0.3 is 20.3 Å². The molecule has 3 heterocycles. The molecule has 0 saturated carbocycles. The van der Waals surface area contributed by atoms with Gasteiger partial charge in [0.1, 0.15) is 24.6 Å². The molecule has 1 amide bonds. The van der Waals surface area contributed by atoms with Crippen molar-refractivity contribution in [1.29, 1.82) is 0 Å². The second kappa shape index (κ2) is 8.94. The van der Waals surface area contributed by atoms with Crippen LogP contribution < -0.4 is 10.0 Å². The maximum absolute atomic E-state index is 12.9. The Labute approximate surface area is 199 Å². The first-order valence-corrected chi connectivity index (χ1v) is 12.2. The summed E-state index contributed by atoms with van der Waals surface area (Å²) in [7, 11) is -3.91. The van der Waals surface area contributed by atoms with Crippen LogP contribution in [0.2, 0.25) is 0 Å². The van der Waals surface area contributed by atoms with E-state index in [0.29, 0.717) is 0 Å². The van der Waals surface area contributed by atoms with E-state index in [1.807, 2.05) is 24.3 Å². The van der Waals surface area contributed by atoms with Crippen molar-refractivity contribution < 1.29 is 28.2 Å². The first kappa shape index (κ1) is 23.3. The Kier molecular flexibility index (Phi) is 5.94. The number of ether oxygens (including phenoxy) is 1. The van der Waals surface area contributed by atoms with E-state index in [1.54, 1.807) is 12.1 Å². The van der Waals surface area contributed by atoms with E-state index in [-0.39, 0.29) is 34.3 Å². The molecule has 1 fully saturated rings. The Morgan fingerprint density at radius 2 is 1.86 bits per heavy atom. The number of amides is 1. The molecule has 1 aliphatic heterocycles. The van der Waals surface area contributed by atoms with Gasteiger partial charge in [0.2, 0.25) is 15.9 Å². The minimum atomic E-state index is -3.91. The van der Waals surface area contributed by atoms with Crippen molar-refractivity contribution in [3.8, 4) is 0 Å². The highest BCUT2D eigenvalue weighted by atomic mass is 32.2. The molecule has 1 aliphatic rings. The largest absolute Gasteiger partial charge is 0.387 e. The summed E-state index contributed by atoms with van der Waals surface area (Å²) < 4.78 is 35.4. The van der Waals surface area contributed by atoms with Gasteiger partial charge in [-0.25, -0.2) is 28.1 Å². The van der Waals surface area contributed by atoms with Crippen LogP contribution in [-0.4, -0.2) is 68.9 Å². The lowest BCUT2D eigenvalue weighted by Crippen LogP contribution is -2.39. The Hall–Kier alpha value is -3.49. The summed E-state index contributed by atoms with van der Waals surface area (Å²) in [6.45, 7) is 1.05. The van der Waals surface area contributed by atoms with E-state index >= 15 is 0 Å². The van der Waals surface area contributed by atoms with Crippen molar-refractivity contribution in [3.63, 3.8) is 0 Å². The fourth-order valence-electron chi connectivity index (χ4n) is 4.03. The molecule has 0 spiro atoms. The topological polar surface area (TPSA) is 169 Å². The van der Waals surface area contributed by atoms with Gasteiger partial charge in [-0.2, -0.15) is 0 Å². The fraction of sp³-hybridized carbons (Fsp3) is 0.273. The summed E-state index contributed by atoms with van der Waals surface area (Å²) in [5.74, 6) is -0.153. The van der Waals surface area contributed by atoms with E-state index in [2.05, 4.69) is 25.0 Å². The van der Waals surface area contributed by atoms with Gasteiger partial charge in [-0.3, -0.25) is 9.36 Å². The molecule has 12 nitrogen and oxygen atoms in total. The normalized spacial score (nSPS) is 22.6. The van der Waals surface area contributed by atoms with Gasteiger partial charge in [0.15, 0.2) is 23.2 Å². The number of aliphatic hydroxyl groups is 2. The highest BCUT2D eigenvalue weighted by Crippen LogP contribution is 2.32. The third-order valence-electron chi connectivity index (χ3n) is 5.77. The lowest BCUT2D eigenvalue weighted by molar-refractivity contribution is -0.114. The van der Waals surface area contributed by atoms with E-state index < -0.39 is 34.6 Å². The van der Waals surface area contributed by atoms with Crippen molar-refractivity contribution in [2.45, 2.75) is 36.4 Å². The van der Waals surface area contributed by atoms with Crippen molar-refractivity contribution in [2.75, 3.05) is 11.9 Å². The molecule has 2 aromatic heterocycles. The molecule has 4 atom stereocenters. The molecule has 5 rings (SSSR count). The quantitative estimate of drug-likeness (QED) is 0.296. The van der Waals surface area contributed by atoms with Crippen LogP contribution in [0.25, 0.3) is 21.9 Å². The smallest absolute Gasteiger partial charge is 0.240 e. The van der Waals surface area contributed by atoms with Crippen molar-refractivity contribution in [1.82, 2.24) is 24.2 Å². The lowest BCUT2D eigenvalue weighted by atomic mass is 10.1. The van der Waals surface area contributed by atoms with Gasteiger partial charge in [0.25, 0.3) is 0 Å². The van der Waals surface area contributed by atoms with E-state index in [0.717, 1.165) is 10.8 Å². The van der Waals surface area contributed by atoms with Crippen LogP contribution in [0.3, 0.4) is 0 Å². The number of imidazole rings is 1. The van der Waals surface area contributed by atoms with Crippen LogP contribution in [-0.2, 0) is 19.6 Å². The second-order valence-corrected chi connectivity index (χ2v) is 9.90. The number of anilines is 1. The van der Waals surface area contributed by atoms with E-state index in [1.165, 1.54) is 30.2 Å². The van der Waals surface area contributed by atoms with Crippen LogP contribution in [0.5, 0.6) is 0 Å². The SMILES string of the molecule is CC(=O)Nc1ncnc2c1ncn2[C@@H]1O[C@H](CNS(=O)(=O)c2ccc3ccccc3c2)[C@H](O)[C@H]1O. The lowest BCUT2D eigenvalue weighted by Gasteiger charge is -2.16. The molecule has 2 aromatic carbocycles. The molecule has 0 aliphatic carbocycles. The summed E-state index contributed by atoms with van der Waals surface area (Å²) in [5.41, 5.74) is 0.533. The molecule has 4 N–H and O–H groups in total. The van der Waals surface area contributed by atoms with Crippen molar-refractivity contribution in [3.05, 3.63) is 55.1 Å². The molecular weight excluding hydrogens is 476 g/mol. The highest BCUT2D eigenvalue weighted by Gasteiger charge is 2.44. The van der Waals surface area contributed by atoms with E-state index in [4.69, 9.17) is 4.74 Å². The summed E-state index contributed by atoms with van der Waals surface area (Å²) in [4.78, 5) is 23.8. The molecule has 13 heteroatoms. The van der Waals surface area contributed by atoms with Gasteiger partial charge in [-0.05, 0) is 22.9 Å². The number of aliphatic hydroxyl groups excluding tert-OH is 2. The van der Waals surface area contributed by atoms with Gasteiger partial charge in [0.05, 0.1) is 11.2 Å². The monoisotopic (exact) mass is 498 g/mol. The molecule has 0 radical (unpaired) electrons. The predicted octanol–water partition coefficient (Wildman–Crippen LogP) is 0.536. The van der Waals surface area contributed by atoms with Crippen LogP contribution >= 0.6 is 0 Å². The molecule has 182 valence electrons. The summed E-state index contributed by atoms with van der Waals surface area (Å²) in [6, 6.07) is 12.2. The Balaban J connectivity index is 1.34. The Morgan fingerprint density at radius 1 is 1.09 bits per heavy atom. The molecule has 4 aromatic rings. The minimum absolute atomic E-state index is 0.0728. The fourth-order valence-corrected chi connectivity index (χ4v) is 5.11. The number of aromatic nitrogens is 4. The Morgan fingerprint density at radius 3 is 2.63 bits per heavy atom. The predicted molar refractivity (Wildman–Crippen MR) is 125 cm³/mol. The van der Waals surface area contributed by atoms with Crippen LogP contribution in [0, 0.1) is 0 Å². The number of benzene rings is 2.